The molecule has 10 heteroatoms. The number of anilines is 1. The van der Waals surface area contributed by atoms with Crippen LogP contribution in [0.25, 0.3) is 11.1 Å². The van der Waals surface area contributed by atoms with Gasteiger partial charge in [0.25, 0.3) is 11.7 Å². The van der Waals surface area contributed by atoms with Gasteiger partial charge in [-0.25, -0.2) is 8.78 Å². The first-order valence-corrected chi connectivity index (χ1v) is 11.7. The number of Topliss-reactive ketones (excluding diaryl/α,β-unsaturated/α-hetero) is 1. The third kappa shape index (κ3) is 5.04. The third-order valence-corrected chi connectivity index (χ3v) is 6.29. The average Bonchev–Trinajstić information content (AvgIpc) is 3.61. The van der Waals surface area contributed by atoms with Crippen molar-refractivity contribution in [1.29, 1.82) is 0 Å². The highest BCUT2D eigenvalue weighted by atomic mass is 19.1. The van der Waals surface area contributed by atoms with Crippen molar-refractivity contribution in [3.8, 4) is 11.1 Å². The minimum atomic E-state index is -0.909. The molecule has 1 aliphatic heterocycles. The first-order chi connectivity index (χ1) is 17.9. The van der Waals surface area contributed by atoms with Crippen molar-refractivity contribution in [2.75, 3.05) is 11.9 Å². The summed E-state index contributed by atoms with van der Waals surface area (Å²) in [4.78, 5) is 39.3. The fourth-order valence-corrected chi connectivity index (χ4v) is 4.43. The maximum Gasteiger partial charge on any atom is 0.301 e. The van der Waals surface area contributed by atoms with Crippen LogP contribution in [0.2, 0.25) is 0 Å². The van der Waals surface area contributed by atoms with Crippen LogP contribution < -0.4 is 5.32 Å². The van der Waals surface area contributed by atoms with Gasteiger partial charge >= 0.3 is 5.91 Å². The zero-order chi connectivity index (χ0) is 25.9. The maximum atomic E-state index is 15.1. The van der Waals surface area contributed by atoms with Gasteiger partial charge in [-0.05, 0) is 66.8 Å². The van der Waals surface area contributed by atoms with Gasteiger partial charge in [0.1, 0.15) is 11.6 Å². The molecule has 188 valence electrons. The molecule has 0 spiro atoms. The van der Waals surface area contributed by atoms with Gasteiger partial charge in [0.15, 0.2) is 11.6 Å². The van der Waals surface area contributed by atoms with Crippen LogP contribution in [0.4, 0.5) is 14.6 Å². The molecule has 0 aliphatic carbocycles. The van der Waals surface area contributed by atoms with Crippen molar-refractivity contribution >= 4 is 23.4 Å². The number of rotatable bonds is 6. The van der Waals surface area contributed by atoms with Gasteiger partial charge in [-0.3, -0.25) is 19.5 Å². The molecule has 1 atom stereocenters. The van der Waals surface area contributed by atoms with E-state index >= 15 is 4.39 Å². The van der Waals surface area contributed by atoms with Gasteiger partial charge < -0.3 is 14.6 Å². The third-order valence-electron chi connectivity index (χ3n) is 6.29. The Morgan fingerprint density at radius 1 is 1.00 bits per heavy atom. The van der Waals surface area contributed by atoms with E-state index in [9.17, 15) is 18.8 Å². The molecule has 0 radical (unpaired) electrons. The number of benzene rings is 2. The number of hydrogen-bond acceptors (Lipinski definition) is 5. The van der Waals surface area contributed by atoms with Crippen molar-refractivity contribution in [2.45, 2.75) is 25.3 Å². The molecule has 0 bridgehead atoms. The van der Waals surface area contributed by atoms with E-state index in [0.717, 1.165) is 12.8 Å². The average molecular weight is 504 g/mol. The molecule has 4 aromatic rings. The van der Waals surface area contributed by atoms with E-state index in [2.05, 4.69) is 15.5 Å². The van der Waals surface area contributed by atoms with Crippen LogP contribution in [0.3, 0.4) is 0 Å². The lowest BCUT2D eigenvalue weighted by atomic mass is 9.97. The van der Waals surface area contributed by atoms with E-state index in [1.807, 2.05) is 0 Å². The lowest BCUT2D eigenvalue weighted by Crippen LogP contribution is -2.39. The SMILES string of the molecule is O=C(Nc1cc(C2CCCCN2C(=O)c2ccc(-c3ccc(F)cc3)cc2F)[nH]n1)C(=O)c1ccco1. The molecule has 1 fully saturated rings. The summed E-state index contributed by atoms with van der Waals surface area (Å²) in [7, 11) is 0. The molecule has 1 aliphatic rings. The summed E-state index contributed by atoms with van der Waals surface area (Å²) >= 11 is 0. The van der Waals surface area contributed by atoms with E-state index in [4.69, 9.17) is 4.42 Å². The van der Waals surface area contributed by atoms with E-state index in [-0.39, 0.29) is 17.1 Å². The number of carbonyl (C=O) groups excluding carboxylic acids is 3. The van der Waals surface area contributed by atoms with Gasteiger partial charge in [0.2, 0.25) is 0 Å². The number of amides is 2. The number of halogens is 2. The second-order valence-electron chi connectivity index (χ2n) is 8.68. The molecule has 5 rings (SSSR count). The highest BCUT2D eigenvalue weighted by Crippen LogP contribution is 2.33. The Morgan fingerprint density at radius 2 is 1.78 bits per heavy atom. The first-order valence-electron chi connectivity index (χ1n) is 11.7. The highest BCUT2D eigenvalue weighted by molar-refractivity contribution is 6.45. The smallest absolute Gasteiger partial charge is 0.301 e. The van der Waals surface area contributed by atoms with E-state index in [0.29, 0.717) is 29.8 Å². The number of aromatic amines is 1. The predicted octanol–water partition coefficient (Wildman–Crippen LogP) is 5.14. The molecule has 8 nitrogen and oxygen atoms in total. The molecule has 0 saturated carbocycles. The molecular formula is C27H22F2N4O4. The summed E-state index contributed by atoms with van der Waals surface area (Å²) in [6.07, 6.45) is 3.51. The number of ketones is 1. The second kappa shape index (κ2) is 10.2. The van der Waals surface area contributed by atoms with Crippen molar-refractivity contribution in [1.82, 2.24) is 15.1 Å². The summed E-state index contributed by atoms with van der Waals surface area (Å²) in [5, 5.41) is 9.30. The molecule has 1 saturated heterocycles. The van der Waals surface area contributed by atoms with Crippen LogP contribution in [0, 0.1) is 11.6 Å². The molecule has 2 N–H and O–H groups in total. The van der Waals surface area contributed by atoms with E-state index < -0.39 is 35.3 Å². The Bertz CT molecular complexity index is 1450. The summed E-state index contributed by atoms with van der Waals surface area (Å²) in [6.45, 7) is 0.417. The van der Waals surface area contributed by atoms with Crippen LogP contribution in [0.1, 0.15) is 51.9 Å². The molecule has 37 heavy (non-hydrogen) atoms. The monoisotopic (exact) mass is 504 g/mol. The standard InChI is InChI=1S/C27H22F2N4O4/c28-18-9-6-16(7-10-18)17-8-11-19(20(29)14-17)27(36)33-12-2-1-4-22(33)21-15-24(32-31-21)30-26(35)25(34)23-5-3-13-37-23/h3,5-11,13-15,22H,1-2,4,12H2,(H2,30,31,32,35). The van der Waals surface area contributed by atoms with Gasteiger partial charge in [0.05, 0.1) is 23.6 Å². The summed E-state index contributed by atoms with van der Waals surface area (Å²) in [5.74, 6) is -3.27. The number of piperidine rings is 1. The Kier molecular flexibility index (Phi) is 6.63. The minimum absolute atomic E-state index is 0.0742. The first kappa shape index (κ1) is 24.1. The van der Waals surface area contributed by atoms with Crippen molar-refractivity contribution in [2.24, 2.45) is 0 Å². The summed E-state index contributed by atoms with van der Waals surface area (Å²) in [5.41, 5.74) is 1.64. The van der Waals surface area contributed by atoms with Crippen LogP contribution in [0.15, 0.2) is 71.3 Å². The number of nitrogens with one attached hydrogen (secondary N) is 2. The van der Waals surface area contributed by atoms with Crippen LogP contribution in [-0.4, -0.2) is 39.2 Å². The molecule has 2 aromatic carbocycles. The summed E-state index contributed by atoms with van der Waals surface area (Å²) in [6, 6.07) is 14.0. The van der Waals surface area contributed by atoms with Crippen LogP contribution >= 0.6 is 0 Å². The largest absolute Gasteiger partial charge is 0.461 e. The number of furan rings is 1. The van der Waals surface area contributed by atoms with Crippen molar-refractivity contribution < 1.29 is 27.6 Å². The van der Waals surface area contributed by atoms with Gasteiger partial charge in [-0.2, -0.15) is 5.10 Å². The van der Waals surface area contributed by atoms with Gasteiger partial charge in [0, 0.05) is 12.6 Å². The Hall–Kier alpha value is -4.60. The molecular weight excluding hydrogens is 482 g/mol. The number of carbonyl (C=O) groups is 3. The topological polar surface area (TPSA) is 108 Å². The Balaban J connectivity index is 1.33. The molecule has 3 heterocycles. The fourth-order valence-electron chi connectivity index (χ4n) is 4.43. The zero-order valence-electron chi connectivity index (χ0n) is 19.5. The van der Waals surface area contributed by atoms with Crippen LogP contribution in [-0.2, 0) is 4.79 Å². The van der Waals surface area contributed by atoms with E-state index in [1.54, 1.807) is 29.2 Å². The second-order valence-corrected chi connectivity index (χ2v) is 8.68. The van der Waals surface area contributed by atoms with Gasteiger partial charge in [-0.15, -0.1) is 0 Å². The van der Waals surface area contributed by atoms with Crippen molar-refractivity contribution in [3.63, 3.8) is 0 Å². The minimum Gasteiger partial charge on any atom is -0.461 e. The molecule has 1 unspecified atom stereocenters. The van der Waals surface area contributed by atoms with Crippen molar-refractivity contribution in [3.05, 3.63) is 95.6 Å². The quantitative estimate of drug-likeness (QED) is 0.279. The number of nitrogens with zero attached hydrogens (tertiary/aromatic N) is 2. The lowest BCUT2D eigenvalue weighted by molar-refractivity contribution is -0.112. The number of aromatic nitrogens is 2. The lowest BCUT2D eigenvalue weighted by Gasteiger charge is -2.35. The number of H-pyrrole nitrogens is 1. The summed E-state index contributed by atoms with van der Waals surface area (Å²) < 4.78 is 33.2. The number of hydrogen-bond donors (Lipinski definition) is 2. The maximum absolute atomic E-state index is 15.1. The number of likely N-dealkylation sites (tertiary alicyclic amines) is 1. The Morgan fingerprint density at radius 3 is 2.51 bits per heavy atom. The predicted molar refractivity (Wildman–Crippen MR) is 130 cm³/mol. The van der Waals surface area contributed by atoms with Gasteiger partial charge in [-0.1, -0.05) is 18.2 Å². The molecule has 2 amide bonds. The Labute approximate surface area is 210 Å². The van der Waals surface area contributed by atoms with E-state index in [1.165, 1.54) is 42.7 Å². The zero-order valence-corrected chi connectivity index (χ0v) is 19.5. The van der Waals surface area contributed by atoms with Crippen LogP contribution in [0.5, 0.6) is 0 Å². The highest BCUT2D eigenvalue weighted by Gasteiger charge is 2.32. The fraction of sp³-hybridized carbons (Fsp3) is 0.185. The normalized spacial score (nSPS) is 15.4. The molecule has 2 aromatic heterocycles.